The van der Waals surface area contributed by atoms with E-state index >= 15 is 0 Å². The SMILES string of the molecule is Cc1ccc(F)c(C(=O)NC(CCOC(C)(C)C)C(=O)O)c1. The average Bonchev–Trinajstić information content (AvgIpc) is 2.38. The molecule has 0 spiro atoms. The first-order valence-corrected chi connectivity index (χ1v) is 7.04. The zero-order chi connectivity index (χ0) is 16.9. The van der Waals surface area contributed by atoms with Crippen molar-refractivity contribution in [2.75, 3.05) is 6.61 Å². The number of carboxylic acid groups (broad SMARTS) is 1. The predicted molar refractivity (Wildman–Crippen MR) is 80.3 cm³/mol. The minimum atomic E-state index is -1.18. The fourth-order valence-electron chi connectivity index (χ4n) is 1.79. The van der Waals surface area contributed by atoms with E-state index in [0.717, 1.165) is 5.56 Å². The van der Waals surface area contributed by atoms with Crippen LogP contribution in [0.15, 0.2) is 18.2 Å². The summed E-state index contributed by atoms with van der Waals surface area (Å²) in [4.78, 5) is 23.2. The molecule has 0 saturated carbocycles. The van der Waals surface area contributed by atoms with Crippen LogP contribution in [0.3, 0.4) is 0 Å². The molecule has 1 aromatic rings. The summed E-state index contributed by atoms with van der Waals surface area (Å²) in [6, 6.07) is 2.98. The Morgan fingerprint density at radius 2 is 2.00 bits per heavy atom. The molecule has 0 aliphatic heterocycles. The maximum Gasteiger partial charge on any atom is 0.326 e. The Kier molecular flexibility index (Phi) is 6.05. The maximum absolute atomic E-state index is 13.6. The number of carbonyl (C=O) groups excluding carboxylic acids is 1. The Balaban J connectivity index is 2.72. The number of nitrogens with one attached hydrogen (secondary N) is 1. The second kappa shape index (κ2) is 7.35. The molecular formula is C16H22FNO4. The molecule has 22 heavy (non-hydrogen) atoms. The van der Waals surface area contributed by atoms with Crippen LogP contribution in [0.4, 0.5) is 4.39 Å². The number of benzene rings is 1. The number of halogens is 1. The molecule has 122 valence electrons. The lowest BCUT2D eigenvalue weighted by molar-refractivity contribution is -0.140. The molecule has 1 amide bonds. The Hall–Kier alpha value is -1.95. The van der Waals surface area contributed by atoms with Crippen LogP contribution in [-0.2, 0) is 9.53 Å². The first kappa shape index (κ1) is 18.1. The van der Waals surface area contributed by atoms with Gasteiger partial charge in [-0.1, -0.05) is 11.6 Å². The highest BCUT2D eigenvalue weighted by atomic mass is 19.1. The number of rotatable bonds is 6. The van der Waals surface area contributed by atoms with Crippen LogP contribution in [0.25, 0.3) is 0 Å². The molecule has 1 rings (SSSR count). The maximum atomic E-state index is 13.6. The van der Waals surface area contributed by atoms with Gasteiger partial charge in [-0.15, -0.1) is 0 Å². The molecule has 1 atom stereocenters. The number of ether oxygens (including phenoxy) is 1. The zero-order valence-corrected chi connectivity index (χ0v) is 13.3. The van der Waals surface area contributed by atoms with Gasteiger partial charge in [0.15, 0.2) is 0 Å². The van der Waals surface area contributed by atoms with Crippen molar-refractivity contribution < 1.29 is 23.8 Å². The van der Waals surface area contributed by atoms with E-state index in [-0.39, 0.29) is 18.6 Å². The quantitative estimate of drug-likeness (QED) is 0.846. The van der Waals surface area contributed by atoms with Gasteiger partial charge in [0.25, 0.3) is 5.91 Å². The molecule has 5 nitrogen and oxygen atoms in total. The molecule has 0 aliphatic rings. The van der Waals surface area contributed by atoms with E-state index in [0.29, 0.717) is 0 Å². The summed E-state index contributed by atoms with van der Waals surface area (Å²) in [6.45, 7) is 7.45. The van der Waals surface area contributed by atoms with E-state index in [1.807, 2.05) is 20.8 Å². The van der Waals surface area contributed by atoms with E-state index in [1.165, 1.54) is 18.2 Å². The van der Waals surface area contributed by atoms with Crippen molar-refractivity contribution in [3.8, 4) is 0 Å². The molecule has 0 radical (unpaired) electrons. The number of carbonyl (C=O) groups is 2. The standard InChI is InChI=1S/C16H22FNO4/c1-10-5-6-12(17)11(9-10)14(19)18-13(15(20)21)7-8-22-16(2,3)4/h5-6,9,13H,7-8H2,1-4H3,(H,18,19)(H,20,21). The van der Waals surface area contributed by atoms with Gasteiger partial charge in [-0.05, 0) is 39.8 Å². The van der Waals surface area contributed by atoms with Gasteiger partial charge in [0, 0.05) is 13.0 Å². The summed E-state index contributed by atoms with van der Waals surface area (Å²) in [5, 5.41) is 11.5. The second-order valence-electron chi connectivity index (χ2n) is 6.10. The first-order valence-electron chi connectivity index (χ1n) is 7.04. The zero-order valence-electron chi connectivity index (χ0n) is 13.3. The van der Waals surface area contributed by atoms with Crippen LogP contribution in [0.1, 0.15) is 43.1 Å². The van der Waals surface area contributed by atoms with Gasteiger partial charge < -0.3 is 15.2 Å². The van der Waals surface area contributed by atoms with Crippen LogP contribution in [-0.4, -0.2) is 35.2 Å². The van der Waals surface area contributed by atoms with Crippen LogP contribution >= 0.6 is 0 Å². The Morgan fingerprint density at radius 1 is 1.36 bits per heavy atom. The highest BCUT2D eigenvalue weighted by molar-refractivity contribution is 5.96. The predicted octanol–water partition coefficient (Wildman–Crippen LogP) is 2.52. The Labute approximate surface area is 129 Å². The van der Waals surface area contributed by atoms with Gasteiger partial charge in [0.05, 0.1) is 11.2 Å². The lowest BCUT2D eigenvalue weighted by Crippen LogP contribution is -2.42. The minimum Gasteiger partial charge on any atom is -0.480 e. The van der Waals surface area contributed by atoms with Gasteiger partial charge in [0.1, 0.15) is 11.9 Å². The fraction of sp³-hybridized carbons (Fsp3) is 0.500. The normalized spacial score (nSPS) is 12.8. The number of aryl methyl sites for hydroxylation is 1. The third-order valence-electron chi connectivity index (χ3n) is 2.91. The summed E-state index contributed by atoms with van der Waals surface area (Å²) in [5.74, 6) is -2.61. The number of carboxylic acids is 1. The summed E-state index contributed by atoms with van der Waals surface area (Å²) in [6.07, 6.45) is 0.103. The highest BCUT2D eigenvalue weighted by Gasteiger charge is 2.23. The molecule has 1 unspecified atom stereocenters. The summed E-state index contributed by atoms with van der Waals surface area (Å²) >= 11 is 0. The lowest BCUT2D eigenvalue weighted by atomic mass is 10.1. The summed E-state index contributed by atoms with van der Waals surface area (Å²) in [5.41, 5.74) is 0.160. The van der Waals surface area contributed by atoms with Gasteiger partial charge in [-0.2, -0.15) is 0 Å². The number of hydrogen-bond donors (Lipinski definition) is 2. The first-order chi connectivity index (χ1) is 10.1. The van der Waals surface area contributed by atoms with Crippen molar-refractivity contribution in [2.45, 2.75) is 45.8 Å². The Morgan fingerprint density at radius 3 is 2.55 bits per heavy atom. The molecule has 6 heteroatoms. The number of hydrogen-bond acceptors (Lipinski definition) is 3. The third kappa shape index (κ3) is 5.81. The molecule has 0 saturated heterocycles. The molecular weight excluding hydrogens is 289 g/mol. The monoisotopic (exact) mass is 311 g/mol. The van der Waals surface area contributed by atoms with Crippen molar-refractivity contribution in [1.29, 1.82) is 0 Å². The molecule has 0 bridgehead atoms. The largest absolute Gasteiger partial charge is 0.480 e. The van der Waals surface area contributed by atoms with E-state index in [9.17, 15) is 14.0 Å². The smallest absolute Gasteiger partial charge is 0.326 e. The van der Waals surface area contributed by atoms with Crippen molar-refractivity contribution in [1.82, 2.24) is 5.32 Å². The van der Waals surface area contributed by atoms with Crippen LogP contribution in [0, 0.1) is 12.7 Å². The van der Waals surface area contributed by atoms with Gasteiger partial charge >= 0.3 is 5.97 Å². The third-order valence-corrected chi connectivity index (χ3v) is 2.91. The second-order valence-corrected chi connectivity index (χ2v) is 6.10. The van der Waals surface area contributed by atoms with E-state index in [4.69, 9.17) is 9.84 Å². The van der Waals surface area contributed by atoms with Crippen molar-refractivity contribution >= 4 is 11.9 Å². The van der Waals surface area contributed by atoms with E-state index in [2.05, 4.69) is 5.32 Å². The highest BCUT2D eigenvalue weighted by Crippen LogP contribution is 2.11. The van der Waals surface area contributed by atoms with Crippen molar-refractivity contribution in [2.24, 2.45) is 0 Å². The molecule has 0 fully saturated rings. The summed E-state index contributed by atoms with van der Waals surface area (Å²) in [7, 11) is 0. The van der Waals surface area contributed by atoms with Gasteiger partial charge in [-0.3, -0.25) is 4.79 Å². The van der Waals surface area contributed by atoms with Crippen molar-refractivity contribution in [3.63, 3.8) is 0 Å². The van der Waals surface area contributed by atoms with Crippen LogP contribution in [0.2, 0.25) is 0 Å². The van der Waals surface area contributed by atoms with Crippen LogP contribution < -0.4 is 5.32 Å². The van der Waals surface area contributed by atoms with Crippen molar-refractivity contribution in [3.05, 3.63) is 35.1 Å². The molecule has 0 aromatic heterocycles. The van der Waals surface area contributed by atoms with E-state index < -0.39 is 29.3 Å². The number of aliphatic carboxylic acids is 1. The average molecular weight is 311 g/mol. The topological polar surface area (TPSA) is 75.6 Å². The summed E-state index contributed by atoms with van der Waals surface area (Å²) < 4.78 is 19.1. The molecule has 0 heterocycles. The minimum absolute atomic E-state index is 0.103. The van der Waals surface area contributed by atoms with Gasteiger partial charge in [0.2, 0.25) is 0 Å². The van der Waals surface area contributed by atoms with Gasteiger partial charge in [-0.25, -0.2) is 9.18 Å². The van der Waals surface area contributed by atoms with Crippen LogP contribution in [0.5, 0.6) is 0 Å². The molecule has 2 N–H and O–H groups in total. The number of amides is 1. The van der Waals surface area contributed by atoms with E-state index in [1.54, 1.807) is 6.92 Å². The fourth-order valence-corrected chi connectivity index (χ4v) is 1.79. The molecule has 1 aromatic carbocycles. The Bertz CT molecular complexity index is 552. The lowest BCUT2D eigenvalue weighted by Gasteiger charge is -2.21. The molecule has 0 aliphatic carbocycles.